The highest BCUT2D eigenvalue weighted by atomic mass is 16.5. The van der Waals surface area contributed by atoms with E-state index in [0.29, 0.717) is 12.5 Å². The average Bonchev–Trinajstić information content (AvgIpc) is 2.45. The number of hydrogen-bond donors (Lipinski definition) is 1. The first-order valence-electron chi connectivity index (χ1n) is 6.77. The van der Waals surface area contributed by atoms with Gasteiger partial charge in [-0.05, 0) is 43.0 Å². The van der Waals surface area contributed by atoms with Crippen molar-refractivity contribution in [3.63, 3.8) is 0 Å². The minimum Gasteiger partial charge on any atom is -0.497 e. The Morgan fingerprint density at radius 1 is 1.53 bits per heavy atom. The molecule has 1 saturated heterocycles. The Morgan fingerprint density at radius 3 is 3.11 bits per heavy atom. The summed E-state index contributed by atoms with van der Waals surface area (Å²) in [5.74, 6) is 0.654. The van der Waals surface area contributed by atoms with Crippen LogP contribution in [0.3, 0.4) is 0 Å². The smallest absolute Gasteiger partial charge is 0.304 e. The van der Waals surface area contributed by atoms with Crippen LogP contribution in [0, 0.1) is 0 Å². The Bertz CT molecular complexity index is 433. The number of carboxylic acids is 1. The van der Waals surface area contributed by atoms with Crippen LogP contribution in [0.25, 0.3) is 0 Å². The number of carboxylic acid groups (broad SMARTS) is 1. The standard InChI is InChI=1S/C15H21NO3/c1-19-14-6-2-4-12(10-14)13-5-3-8-16(11-13)9-7-15(17)18/h2,4,6,10,13H,3,5,7-9,11H2,1H3,(H,17,18). The summed E-state index contributed by atoms with van der Waals surface area (Å²) in [5, 5.41) is 8.75. The van der Waals surface area contributed by atoms with Crippen molar-refractivity contribution in [1.29, 1.82) is 0 Å². The number of rotatable bonds is 5. The van der Waals surface area contributed by atoms with Crippen molar-refractivity contribution >= 4 is 5.97 Å². The van der Waals surface area contributed by atoms with E-state index in [2.05, 4.69) is 17.0 Å². The Labute approximate surface area is 114 Å². The van der Waals surface area contributed by atoms with Crippen LogP contribution in [0.2, 0.25) is 0 Å². The van der Waals surface area contributed by atoms with Gasteiger partial charge >= 0.3 is 5.97 Å². The number of nitrogens with zero attached hydrogens (tertiary/aromatic N) is 1. The summed E-state index contributed by atoms with van der Waals surface area (Å²) in [4.78, 5) is 12.9. The maximum absolute atomic E-state index is 10.6. The van der Waals surface area contributed by atoms with Gasteiger partial charge in [-0.2, -0.15) is 0 Å². The van der Waals surface area contributed by atoms with E-state index >= 15 is 0 Å². The highest BCUT2D eigenvalue weighted by Gasteiger charge is 2.21. The van der Waals surface area contributed by atoms with E-state index in [4.69, 9.17) is 9.84 Å². The topological polar surface area (TPSA) is 49.8 Å². The van der Waals surface area contributed by atoms with Crippen molar-refractivity contribution in [3.8, 4) is 5.75 Å². The molecule has 1 aromatic rings. The van der Waals surface area contributed by atoms with Crippen molar-refractivity contribution < 1.29 is 14.6 Å². The molecular formula is C15H21NO3. The second kappa shape index (κ2) is 6.57. The summed E-state index contributed by atoms with van der Waals surface area (Å²) < 4.78 is 5.26. The molecule has 1 aromatic carbocycles. The zero-order valence-corrected chi connectivity index (χ0v) is 11.3. The molecule has 0 bridgehead atoms. The molecule has 0 spiro atoms. The van der Waals surface area contributed by atoms with Crippen molar-refractivity contribution in [3.05, 3.63) is 29.8 Å². The van der Waals surface area contributed by atoms with Crippen LogP contribution >= 0.6 is 0 Å². The molecule has 1 atom stereocenters. The lowest BCUT2D eigenvalue weighted by Crippen LogP contribution is -2.35. The van der Waals surface area contributed by atoms with E-state index in [9.17, 15) is 4.79 Å². The Kier molecular flexibility index (Phi) is 4.80. The van der Waals surface area contributed by atoms with Gasteiger partial charge in [-0.25, -0.2) is 0 Å². The largest absolute Gasteiger partial charge is 0.497 e. The lowest BCUT2D eigenvalue weighted by molar-refractivity contribution is -0.137. The molecule has 19 heavy (non-hydrogen) atoms. The molecule has 0 aliphatic carbocycles. The maximum Gasteiger partial charge on any atom is 0.304 e. The van der Waals surface area contributed by atoms with Crippen LogP contribution in [0.4, 0.5) is 0 Å². The molecule has 0 aromatic heterocycles. The maximum atomic E-state index is 10.6. The summed E-state index contributed by atoms with van der Waals surface area (Å²) in [6.45, 7) is 2.60. The Hall–Kier alpha value is -1.55. The summed E-state index contributed by atoms with van der Waals surface area (Å²) in [7, 11) is 1.68. The average molecular weight is 263 g/mol. The van der Waals surface area contributed by atoms with E-state index in [1.54, 1.807) is 7.11 Å². The van der Waals surface area contributed by atoms with Crippen molar-refractivity contribution in [2.75, 3.05) is 26.7 Å². The van der Waals surface area contributed by atoms with E-state index in [-0.39, 0.29) is 6.42 Å². The first-order chi connectivity index (χ1) is 9.19. The Morgan fingerprint density at radius 2 is 2.37 bits per heavy atom. The number of ether oxygens (including phenoxy) is 1. The molecule has 1 fully saturated rings. The molecule has 1 aliphatic rings. The molecule has 0 amide bonds. The number of carbonyl (C=O) groups is 1. The van der Waals surface area contributed by atoms with Gasteiger partial charge in [0.25, 0.3) is 0 Å². The third-order valence-corrected chi connectivity index (χ3v) is 3.71. The van der Waals surface area contributed by atoms with E-state index in [0.717, 1.165) is 31.7 Å². The quantitative estimate of drug-likeness (QED) is 0.886. The van der Waals surface area contributed by atoms with Crippen LogP contribution in [0.1, 0.15) is 30.7 Å². The van der Waals surface area contributed by atoms with E-state index in [1.807, 2.05) is 12.1 Å². The lowest BCUT2D eigenvalue weighted by atomic mass is 9.90. The number of aliphatic carboxylic acids is 1. The minimum absolute atomic E-state index is 0.227. The van der Waals surface area contributed by atoms with E-state index < -0.39 is 5.97 Å². The van der Waals surface area contributed by atoms with Crippen LogP contribution in [0.5, 0.6) is 5.75 Å². The summed E-state index contributed by atoms with van der Waals surface area (Å²) in [6.07, 6.45) is 2.52. The SMILES string of the molecule is COc1cccc(C2CCCN(CCC(=O)O)C2)c1. The summed E-state index contributed by atoms with van der Waals surface area (Å²) in [5.41, 5.74) is 1.29. The van der Waals surface area contributed by atoms with E-state index in [1.165, 1.54) is 5.56 Å². The predicted octanol–water partition coefficient (Wildman–Crippen LogP) is 2.35. The van der Waals surface area contributed by atoms with Crippen LogP contribution < -0.4 is 4.74 Å². The molecule has 4 heteroatoms. The number of hydrogen-bond acceptors (Lipinski definition) is 3. The van der Waals surface area contributed by atoms with Gasteiger partial charge in [0.1, 0.15) is 5.75 Å². The molecule has 2 rings (SSSR count). The lowest BCUT2D eigenvalue weighted by Gasteiger charge is -2.32. The van der Waals surface area contributed by atoms with Crippen molar-refractivity contribution in [2.45, 2.75) is 25.2 Å². The fourth-order valence-corrected chi connectivity index (χ4v) is 2.68. The third-order valence-electron chi connectivity index (χ3n) is 3.71. The zero-order valence-electron chi connectivity index (χ0n) is 11.3. The fourth-order valence-electron chi connectivity index (χ4n) is 2.68. The molecule has 4 nitrogen and oxygen atoms in total. The van der Waals surface area contributed by atoms with Gasteiger partial charge in [-0.3, -0.25) is 4.79 Å². The molecule has 1 N–H and O–H groups in total. The number of piperidine rings is 1. The third kappa shape index (κ3) is 3.96. The molecule has 1 heterocycles. The molecular weight excluding hydrogens is 242 g/mol. The zero-order chi connectivity index (χ0) is 13.7. The summed E-state index contributed by atoms with van der Waals surface area (Å²) >= 11 is 0. The van der Waals surface area contributed by atoms with Gasteiger partial charge in [0, 0.05) is 13.1 Å². The highest BCUT2D eigenvalue weighted by molar-refractivity contribution is 5.66. The van der Waals surface area contributed by atoms with Gasteiger partial charge in [0.2, 0.25) is 0 Å². The van der Waals surface area contributed by atoms with Crippen molar-refractivity contribution in [2.24, 2.45) is 0 Å². The summed E-state index contributed by atoms with van der Waals surface area (Å²) in [6, 6.07) is 8.19. The van der Waals surface area contributed by atoms with Gasteiger partial charge in [0.15, 0.2) is 0 Å². The van der Waals surface area contributed by atoms with Crippen LogP contribution in [0.15, 0.2) is 24.3 Å². The van der Waals surface area contributed by atoms with Crippen molar-refractivity contribution in [1.82, 2.24) is 4.90 Å². The van der Waals surface area contributed by atoms with Gasteiger partial charge in [-0.15, -0.1) is 0 Å². The number of methoxy groups -OCH3 is 1. The predicted molar refractivity (Wildman–Crippen MR) is 73.7 cm³/mol. The molecule has 0 saturated carbocycles. The fraction of sp³-hybridized carbons (Fsp3) is 0.533. The Balaban J connectivity index is 1.97. The minimum atomic E-state index is -0.719. The normalized spacial score (nSPS) is 20.2. The highest BCUT2D eigenvalue weighted by Crippen LogP contribution is 2.28. The molecule has 1 unspecified atom stereocenters. The second-order valence-electron chi connectivity index (χ2n) is 5.06. The first kappa shape index (κ1) is 13.9. The molecule has 104 valence electrons. The van der Waals surface area contributed by atoms with Crippen LogP contribution in [-0.2, 0) is 4.79 Å². The molecule has 0 radical (unpaired) electrons. The van der Waals surface area contributed by atoms with Gasteiger partial charge in [-0.1, -0.05) is 12.1 Å². The number of likely N-dealkylation sites (tertiary alicyclic amines) is 1. The van der Waals surface area contributed by atoms with Crippen LogP contribution in [-0.4, -0.2) is 42.7 Å². The monoisotopic (exact) mass is 263 g/mol. The van der Waals surface area contributed by atoms with Gasteiger partial charge in [0.05, 0.1) is 13.5 Å². The molecule has 1 aliphatic heterocycles. The second-order valence-corrected chi connectivity index (χ2v) is 5.06. The first-order valence-corrected chi connectivity index (χ1v) is 6.77. The number of benzene rings is 1. The van der Waals surface area contributed by atoms with Gasteiger partial charge < -0.3 is 14.7 Å².